The molecule has 1 aromatic heterocycles. The highest BCUT2D eigenvalue weighted by molar-refractivity contribution is 6.35. The standard InChI is InChI=1S/C11H9Cl2NO2/c1-2-16-11(15)5-3-4-10-9(13)6-8(12)7-14-10/h6-7H,2,5H2,1H3. The fourth-order valence-corrected chi connectivity index (χ4v) is 1.35. The van der Waals surface area contributed by atoms with Crippen LogP contribution in [-0.2, 0) is 9.53 Å². The Hall–Kier alpha value is -1.24. The Morgan fingerprint density at radius 2 is 2.31 bits per heavy atom. The highest BCUT2D eigenvalue weighted by Gasteiger charge is 2.00. The molecule has 0 atom stereocenters. The normalized spacial score (nSPS) is 9.19. The van der Waals surface area contributed by atoms with Crippen LogP contribution < -0.4 is 0 Å². The quantitative estimate of drug-likeness (QED) is 0.604. The van der Waals surface area contributed by atoms with Gasteiger partial charge in [-0.15, -0.1) is 0 Å². The number of nitrogens with zero attached hydrogens (tertiary/aromatic N) is 1. The van der Waals surface area contributed by atoms with E-state index in [-0.39, 0.29) is 12.4 Å². The maximum atomic E-state index is 11.0. The van der Waals surface area contributed by atoms with E-state index < -0.39 is 0 Å². The van der Waals surface area contributed by atoms with Gasteiger partial charge in [0.15, 0.2) is 0 Å². The van der Waals surface area contributed by atoms with Gasteiger partial charge in [-0.05, 0) is 18.9 Å². The van der Waals surface area contributed by atoms with E-state index in [9.17, 15) is 4.79 Å². The van der Waals surface area contributed by atoms with Crippen LogP contribution in [0.5, 0.6) is 0 Å². The van der Waals surface area contributed by atoms with Gasteiger partial charge in [0.1, 0.15) is 12.1 Å². The average molecular weight is 258 g/mol. The lowest BCUT2D eigenvalue weighted by atomic mass is 10.3. The van der Waals surface area contributed by atoms with Crippen molar-refractivity contribution in [2.75, 3.05) is 6.61 Å². The lowest BCUT2D eigenvalue weighted by Crippen LogP contribution is -2.01. The van der Waals surface area contributed by atoms with E-state index in [1.165, 1.54) is 6.20 Å². The smallest absolute Gasteiger partial charge is 0.317 e. The first kappa shape index (κ1) is 12.8. The number of ether oxygens (including phenoxy) is 1. The SMILES string of the molecule is CCOC(=O)CC#Cc1ncc(Cl)cc1Cl. The Morgan fingerprint density at radius 1 is 1.56 bits per heavy atom. The summed E-state index contributed by atoms with van der Waals surface area (Å²) in [7, 11) is 0. The van der Waals surface area contributed by atoms with Crippen molar-refractivity contribution in [1.82, 2.24) is 4.98 Å². The van der Waals surface area contributed by atoms with Crippen molar-refractivity contribution in [2.45, 2.75) is 13.3 Å². The fourth-order valence-electron chi connectivity index (χ4n) is 0.919. The average Bonchev–Trinajstić information content (AvgIpc) is 2.22. The number of pyridine rings is 1. The molecule has 0 unspecified atom stereocenters. The second-order valence-corrected chi connectivity index (χ2v) is 3.61. The number of carbonyl (C=O) groups is 1. The van der Waals surface area contributed by atoms with Crippen molar-refractivity contribution in [3.8, 4) is 11.8 Å². The molecule has 0 bridgehead atoms. The summed E-state index contributed by atoms with van der Waals surface area (Å²) in [5.41, 5.74) is 0.398. The second-order valence-electron chi connectivity index (χ2n) is 2.77. The molecule has 0 aromatic carbocycles. The van der Waals surface area contributed by atoms with Crippen LogP contribution in [0.2, 0.25) is 10.0 Å². The summed E-state index contributed by atoms with van der Waals surface area (Å²) in [6.07, 6.45) is 1.47. The summed E-state index contributed by atoms with van der Waals surface area (Å²) in [4.78, 5) is 14.9. The zero-order valence-electron chi connectivity index (χ0n) is 8.59. The summed E-state index contributed by atoms with van der Waals surface area (Å²) in [6.45, 7) is 2.09. The molecule has 0 amide bonds. The van der Waals surface area contributed by atoms with Crippen LogP contribution in [0.3, 0.4) is 0 Å². The highest BCUT2D eigenvalue weighted by Crippen LogP contribution is 2.17. The molecule has 84 valence electrons. The van der Waals surface area contributed by atoms with E-state index in [1.54, 1.807) is 13.0 Å². The van der Waals surface area contributed by atoms with E-state index in [4.69, 9.17) is 27.9 Å². The number of hydrogen-bond acceptors (Lipinski definition) is 3. The number of halogens is 2. The van der Waals surface area contributed by atoms with Gasteiger partial charge in [0, 0.05) is 6.20 Å². The predicted molar refractivity (Wildman–Crippen MR) is 62.4 cm³/mol. The lowest BCUT2D eigenvalue weighted by Gasteiger charge is -1.96. The van der Waals surface area contributed by atoms with Gasteiger partial charge in [-0.2, -0.15) is 0 Å². The van der Waals surface area contributed by atoms with Crippen LogP contribution in [0.25, 0.3) is 0 Å². The Kier molecular flexibility index (Phi) is 5.10. The third-order valence-electron chi connectivity index (χ3n) is 1.55. The van der Waals surface area contributed by atoms with Crippen molar-refractivity contribution >= 4 is 29.2 Å². The number of rotatable bonds is 2. The molecule has 16 heavy (non-hydrogen) atoms. The van der Waals surface area contributed by atoms with Crippen molar-refractivity contribution in [2.24, 2.45) is 0 Å². The highest BCUT2D eigenvalue weighted by atomic mass is 35.5. The molecule has 0 aliphatic carbocycles. The summed E-state index contributed by atoms with van der Waals surface area (Å²) in [5, 5.41) is 0.810. The molecule has 3 nitrogen and oxygen atoms in total. The molecule has 0 aliphatic rings. The third kappa shape index (κ3) is 4.09. The molecule has 1 rings (SSSR count). The summed E-state index contributed by atoms with van der Waals surface area (Å²) >= 11 is 11.5. The fraction of sp³-hybridized carbons (Fsp3) is 0.273. The molecule has 0 saturated carbocycles. The van der Waals surface area contributed by atoms with Crippen molar-refractivity contribution < 1.29 is 9.53 Å². The third-order valence-corrected chi connectivity index (χ3v) is 2.05. The van der Waals surface area contributed by atoms with Gasteiger partial charge in [-0.1, -0.05) is 29.1 Å². The molecule has 1 heterocycles. The molecule has 0 aliphatic heterocycles. The molecule has 0 radical (unpaired) electrons. The van der Waals surface area contributed by atoms with E-state index in [0.717, 1.165) is 0 Å². The Bertz CT molecular complexity index is 449. The van der Waals surface area contributed by atoms with Crippen LogP contribution in [0.4, 0.5) is 0 Å². The van der Waals surface area contributed by atoms with Gasteiger partial charge >= 0.3 is 5.97 Å². The first-order valence-electron chi connectivity index (χ1n) is 4.59. The minimum absolute atomic E-state index is 0.0223. The maximum absolute atomic E-state index is 11.0. The first-order chi connectivity index (χ1) is 7.63. The summed E-state index contributed by atoms with van der Waals surface area (Å²) < 4.78 is 4.71. The molecule has 1 aromatic rings. The first-order valence-corrected chi connectivity index (χ1v) is 5.34. The second kappa shape index (κ2) is 6.37. The van der Waals surface area contributed by atoms with Crippen LogP contribution in [-0.4, -0.2) is 17.6 Å². The summed E-state index contributed by atoms with van der Waals surface area (Å²) in [6, 6.07) is 1.55. The van der Waals surface area contributed by atoms with E-state index in [2.05, 4.69) is 16.8 Å². The van der Waals surface area contributed by atoms with Crippen LogP contribution in [0, 0.1) is 11.8 Å². The Morgan fingerprint density at radius 3 is 2.94 bits per heavy atom. The molecule has 0 N–H and O–H groups in total. The molecule has 5 heteroatoms. The number of carbonyl (C=O) groups excluding carboxylic acids is 1. The van der Waals surface area contributed by atoms with Crippen molar-refractivity contribution in [3.63, 3.8) is 0 Å². The molecule has 0 spiro atoms. The van der Waals surface area contributed by atoms with Gasteiger partial charge in [-0.3, -0.25) is 4.79 Å². The monoisotopic (exact) mass is 257 g/mol. The molecular formula is C11H9Cl2NO2. The van der Waals surface area contributed by atoms with E-state index >= 15 is 0 Å². The summed E-state index contributed by atoms with van der Waals surface area (Å²) in [5.74, 6) is 4.95. The zero-order chi connectivity index (χ0) is 12.0. The minimum Gasteiger partial charge on any atom is -0.465 e. The predicted octanol–water partition coefficient (Wildman–Crippen LogP) is 2.69. The van der Waals surface area contributed by atoms with Gasteiger partial charge in [-0.25, -0.2) is 4.98 Å². The number of esters is 1. The Labute approximate surface area is 104 Å². The van der Waals surface area contributed by atoms with Crippen molar-refractivity contribution in [3.05, 3.63) is 28.0 Å². The topological polar surface area (TPSA) is 39.2 Å². The van der Waals surface area contributed by atoms with Gasteiger partial charge in [0.2, 0.25) is 0 Å². The van der Waals surface area contributed by atoms with Gasteiger partial charge in [0.05, 0.1) is 16.7 Å². The lowest BCUT2D eigenvalue weighted by molar-refractivity contribution is -0.141. The molecule has 0 fully saturated rings. The maximum Gasteiger partial charge on any atom is 0.317 e. The minimum atomic E-state index is -0.361. The van der Waals surface area contributed by atoms with Gasteiger partial charge < -0.3 is 4.74 Å². The van der Waals surface area contributed by atoms with Crippen LogP contribution >= 0.6 is 23.2 Å². The van der Waals surface area contributed by atoms with E-state index in [0.29, 0.717) is 22.3 Å². The number of aromatic nitrogens is 1. The van der Waals surface area contributed by atoms with Gasteiger partial charge in [0.25, 0.3) is 0 Å². The van der Waals surface area contributed by atoms with E-state index in [1.807, 2.05) is 0 Å². The zero-order valence-corrected chi connectivity index (χ0v) is 10.1. The van der Waals surface area contributed by atoms with Crippen LogP contribution in [0.15, 0.2) is 12.3 Å². The van der Waals surface area contributed by atoms with Crippen molar-refractivity contribution in [1.29, 1.82) is 0 Å². The Balaban J connectivity index is 2.66. The van der Waals surface area contributed by atoms with Crippen LogP contribution in [0.1, 0.15) is 19.0 Å². The molecular weight excluding hydrogens is 249 g/mol. The molecule has 0 saturated heterocycles. The number of hydrogen-bond donors (Lipinski definition) is 0. The largest absolute Gasteiger partial charge is 0.465 e.